The number of hydrogen-bond acceptors (Lipinski definition) is 4. The van der Waals surface area contributed by atoms with Crippen molar-refractivity contribution in [3.63, 3.8) is 0 Å². The molecule has 0 unspecified atom stereocenters. The third kappa shape index (κ3) is 6.38. The Morgan fingerprint density at radius 1 is 1.19 bits per heavy atom. The van der Waals surface area contributed by atoms with Crippen molar-refractivity contribution in [2.24, 2.45) is 5.92 Å². The molecule has 1 aromatic heterocycles. The van der Waals surface area contributed by atoms with Crippen LogP contribution in [0.15, 0.2) is 35.6 Å². The van der Waals surface area contributed by atoms with Crippen molar-refractivity contribution in [3.8, 4) is 0 Å². The summed E-state index contributed by atoms with van der Waals surface area (Å²) in [5, 5.41) is 0.747. The molecule has 1 N–H and O–H groups in total. The van der Waals surface area contributed by atoms with Crippen molar-refractivity contribution in [3.05, 3.63) is 57.5 Å². The molecule has 32 heavy (non-hydrogen) atoms. The third-order valence-electron chi connectivity index (χ3n) is 6.30. The number of anilines is 2. The molecule has 1 aromatic carbocycles. The molecule has 6 heteroatoms. The highest BCUT2D eigenvalue weighted by Gasteiger charge is 2.22. The molecule has 1 heterocycles. The SMILES string of the molecule is C=C(CCC)c1nc(N(CCc2ccc(Cl)cc2)CC2CCCCC2)[nH]c(=O)c1N(C)C. The number of rotatable bonds is 10. The Labute approximate surface area is 197 Å². The molecule has 0 amide bonds. The average Bonchev–Trinajstić information content (AvgIpc) is 2.77. The van der Waals surface area contributed by atoms with Crippen LogP contribution in [0.25, 0.3) is 5.57 Å². The summed E-state index contributed by atoms with van der Waals surface area (Å²) in [5.41, 5.74) is 3.34. The number of hydrogen-bond donors (Lipinski definition) is 1. The van der Waals surface area contributed by atoms with Gasteiger partial charge in [-0.25, -0.2) is 4.98 Å². The van der Waals surface area contributed by atoms with E-state index in [-0.39, 0.29) is 5.56 Å². The van der Waals surface area contributed by atoms with E-state index in [1.54, 1.807) is 0 Å². The van der Waals surface area contributed by atoms with Crippen LogP contribution in [-0.2, 0) is 6.42 Å². The lowest BCUT2D eigenvalue weighted by Gasteiger charge is -2.31. The second kappa shape index (κ2) is 11.6. The molecule has 0 saturated heterocycles. The van der Waals surface area contributed by atoms with E-state index in [9.17, 15) is 4.79 Å². The van der Waals surface area contributed by atoms with Crippen molar-refractivity contribution < 1.29 is 0 Å². The van der Waals surface area contributed by atoms with Crippen LogP contribution in [0.4, 0.5) is 11.6 Å². The quantitative estimate of drug-likeness (QED) is 0.481. The number of benzene rings is 1. The van der Waals surface area contributed by atoms with Crippen molar-refractivity contribution >= 4 is 28.8 Å². The Balaban J connectivity index is 1.93. The first-order valence-corrected chi connectivity index (χ1v) is 12.3. The lowest BCUT2D eigenvalue weighted by atomic mass is 9.89. The Morgan fingerprint density at radius 2 is 1.88 bits per heavy atom. The van der Waals surface area contributed by atoms with Gasteiger partial charge >= 0.3 is 0 Å². The molecular formula is C26H37ClN4O. The molecule has 0 bridgehead atoms. The zero-order valence-electron chi connectivity index (χ0n) is 19.8. The number of nitrogens with one attached hydrogen (secondary N) is 1. The minimum Gasteiger partial charge on any atom is -0.371 e. The Kier molecular flexibility index (Phi) is 8.80. The van der Waals surface area contributed by atoms with E-state index in [0.29, 0.717) is 17.6 Å². The summed E-state index contributed by atoms with van der Waals surface area (Å²) >= 11 is 6.06. The van der Waals surface area contributed by atoms with Crippen LogP contribution in [0.3, 0.4) is 0 Å². The smallest absolute Gasteiger partial charge is 0.276 e. The van der Waals surface area contributed by atoms with Gasteiger partial charge in [0.15, 0.2) is 0 Å². The van der Waals surface area contributed by atoms with Crippen molar-refractivity contribution in [1.82, 2.24) is 9.97 Å². The van der Waals surface area contributed by atoms with Gasteiger partial charge in [-0.3, -0.25) is 9.78 Å². The first-order valence-electron chi connectivity index (χ1n) is 11.9. The highest BCUT2D eigenvalue weighted by atomic mass is 35.5. The van der Waals surface area contributed by atoms with Crippen LogP contribution in [0, 0.1) is 5.92 Å². The van der Waals surface area contributed by atoms with Gasteiger partial charge in [0.2, 0.25) is 5.95 Å². The van der Waals surface area contributed by atoms with Gasteiger partial charge in [0.1, 0.15) is 5.69 Å². The molecule has 1 aliphatic rings. The summed E-state index contributed by atoms with van der Waals surface area (Å²) in [6.07, 6.45) is 9.06. The molecule has 0 radical (unpaired) electrons. The lowest BCUT2D eigenvalue weighted by Crippen LogP contribution is -2.36. The summed E-state index contributed by atoms with van der Waals surface area (Å²) in [7, 11) is 3.77. The highest BCUT2D eigenvalue weighted by Crippen LogP contribution is 2.28. The lowest BCUT2D eigenvalue weighted by molar-refractivity contribution is 0.357. The second-order valence-corrected chi connectivity index (χ2v) is 9.60. The predicted octanol–water partition coefficient (Wildman–Crippen LogP) is 5.93. The monoisotopic (exact) mass is 456 g/mol. The fraction of sp³-hybridized carbons (Fsp3) is 0.538. The maximum absolute atomic E-state index is 13.1. The van der Waals surface area contributed by atoms with E-state index in [0.717, 1.165) is 48.6 Å². The molecule has 3 rings (SSSR count). The normalized spacial score (nSPS) is 14.4. The van der Waals surface area contributed by atoms with Gasteiger partial charge in [0.25, 0.3) is 5.56 Å². The molecule has 174 valence electrons. The predicted molar refractivity (Wildman–Crippen MR) is 137 cm³/mol. The summed E-state index contributed by atoms with van der Waals surface area (Å²) in [5.74, 6) is 1.29. The Morgan fingerprint density at radius 3 is 2.50 bits per heavy atom. The standard InChI is InChI=1S/C26H37ClN4O/c1-5-9-19(2)23-24(30(3)4)25(32)29-26(28-23)31(18-21-10-7-6-8-11-21)17-16-20-12-14-22(27)15-13-20/h12-15,21H,2,5-11,16-18H2,1,3-4H3,(H,28,29,32). The van der Waals surface area contributed by atoms with E-state index in [1.807, 2.05) is 31.1 Å². The molecule has 5 nitrogen and oxygen atoms in total. The van der Waals surface area contributed by atoms with Gasteiger partial charge in [-0.1, -0.05) is 62.9 Å². The van der Waals surface area contributed by atoms with Gasteiger partial charge in [0.05, 0.1) is 5.69 Å². The zero-order valence-corrected chi connectivity index (χ0v) is 20.5. The molecule has 2 aromatic rings. The number of halogens is 1. The Hall–Kier alpha value is -2.27. The van der Waals surface area contributed by atoms with Gasteiger partial charge in [-0.15, -0.1) is 0 Å². The van der Waals surface area contributed by atoms with Crippen LogP contribution in [0.1, 0.15) is 63.1 Å². The van der Waals surface area contributed by atoms with E-state index in [2.05, 4.69) is 35.5 Å². The maximum atomic E-state index is 13.1. The van der Waals surface area contributed by atoms with E-state index < -0.39 is 0 Å². The number of aromatic amines is 1. The Bertz CT molecular complexity index is 945. The van der Waals surface area contributed by atoms with Crippen LogP contribution in [-0.4, -0.2) is 37.2 Å². The zero-order chi connectivity index (χ0) is 23.1. The first-order chi connectivity index (χ1) is 15.4. The number of aromatic nitrogens is 2. The van der Waals surface area contributed by atoms with Gasteiger partial charge < -0.3 is 9.80 Å². The highest BCUT2D eigenvalue weighted by molar-refractivity contribution is 6.30. The molecule has 0 spiro atoms. The number of allylic oxidation sites excluding steroid dienone is 1. The van der Waals surface area contributed by atoms with Crippen LogP contribution < -0.4 is 15.4 Å². The molecule has 1 aliphatic carbocycles. The van der Waals surface area contributed by atoms with Crippen molar-refractivity contribution in [2.75, 3.05) is 37.0 Å². The van der Waals surface area contributed by atoms with Crippen molar-refractivity contribution in [2.45, 2.75) is 58.3 Å². The largest absolute Gasteiger partial charge is 0.371 e. The summed E-state index contributed by atoms with van der Waals surface area (Å²) in [6.45, 7) is 8.07. The topological polar surface area (TPSA) is 52.2 Å². The fourth-order valence-corrected chi connectivity index (χ4v) is 4.69. The summed E-state index contributed by atoms with van der Waals surface area (Å²) in [6, 6.07) is 8.00. The summed E-state index contributed by atoms with van der Waals surface area (Å²) in [4.78, 5) is 25.3. The number of nitrogens with zero attached hydrogens (tertiary/aromatic N) is 3. The third-order valence-corrected chi connectivity index (χ3v) is 6.55. The minimum atomic E-state index is -0.104. The van der Waals surface area contributed by atoms with Crippen LogP contribution in [0.5, 0.6) is 0 Å². The first kappa shape index (κ1) is 24.4. The second-order valence-electron chi connectivity index (χ2n) is 9.16. The van der Waals surface area contributed by atoms with Gasteiger partial charge in [-0.2, -0.15) is 0 Å². The van der Waals surface area contributed by atoms with Crippen LogP contribution in [0.2, 0.25) is 5.02 Å². The molecule has 1 fully saturated rings. The van der Waals surface area contributed by atoms with Crippen LogP contribution >= 0.6 is 11.6 Å². The fourth-order valence-electron chi connectivity index (χ4n) is 4.57. The maximum Gasteiger partial charge on any atom is 0.276 e. The molecule has 0 aliphatic heterocycles. The minimum absolute atomic E-state index is 0.104. The molecule has 1 saturated carbocycles. The summed E-state index contributed by atoms with van der Waals surface area (Å²) < 4.78 is 0. The van der Waals surface area contributed by atoms with Gasteiger partial charge in [0, 0.05) is 32.2 Å². The van der Waals surface area contributed by atoms with E-state index >= 15 is 0 Å². The number of H-pyrrole nitrogens is 1. The van der Waals surface area contributed by atoms with Gasteiger partial charge in [-0.05, 0) is 54.9 Å². The van der Waals surface area contributed by atoms with E-state index in [4.69, 9.17) is 16.6 Å². The molecular weight excluding hydrogens is 420 g/mol. The average molecular weight is 457 g/mol. The molecule has 0 atom stereocenters. The van der Waals surface area contributed by atoms with Crippen molar-refractivity contribution in [1.29, 1.82) is 0 Å². The van der Waals surface area contributed by atoms with E-state index in [1.165, 1.54) is 37.7 Å².